The van der Waals surface area contributed by atoms with Crippen LogP contribution in [0.15, 0.2) is 47.2 Å². The Kier molecular flexibility index (Phi) is 5.18. The van der Waals surface area contributed by atoms with Crippen molar-refractivity contribution in [2.24, 2.45) is 0 Å². The van der Waals surface area contributed by atoms with Crippen LogP contribution in [0.4, 0.5) is 4.39 Å². The summed E-state index contributed by atoms with van der Waals surface area (Å²) in [6, 6.07) is 7.92. The highest BCUT2D eigenvalue weighted by Crippen LogP contribution is 2.30. The molecular weight excluding hydrogens is 401 g/mol. The summed E-state index contributed by atoms with van der Waals surface area (Å²) in [6.07, 6.45) is 2.90. The smallest absolute Gasteiger partial charge is 0.241 e. The molecule has 1 aromatic carbocycles. The molecule has 0 bridgehead atoms. The van der Waals surface area contributed by atoms with Gasteiger partial charge in [-0.2, -0.15) is 0 Å². The molecule has 7 nitrogen and oxygen atoms in total. The highest BCUT2D eigenvalue weighted by Gasteiger charge is 2.21. The summed E-state index contributed by atoms with van der Waals surface area (Å²) >= 11 is 6.10. The molecule has 1 N–H and O–H groups in total. The molecule has 0 spiro atoms. The topological polar surface area (TPSA) is 90.2 Å². The summed E-state index contributed by atoms with van der Waals surface area (Å²) in [5, 5.41) is 7.33. The second-order valence-corrected chi connectivity index (χ2v) is 6.58. The minimum atomic E-state index is -0.816. The van der Waals surface area contributed by atoms with Crippen molar-refractivity contribution in [1.82, 2.24) is 15.2 Å². The molecule has 0 aliphatic carbocycles. The van der Waals surface area contributed by atoms with Crippen LogP contribution in [0.2, 0.25) is 5.02 Å². The van der Waals surface area contributed by atoms with E-state index in [1.165, 1.54) is 31.7 Å². The number of rotatable bonds is 7. The molecule has 9 heteroatoms. The zero-order valence-corrected chi connectivity index (χ0v) is 16.0. The summed E-state index contributed by atoms with van der Waals surface area (Å²) in [6.45, 7) is 0.0278. The fourth-order valence-electron chi connectivity index (χ4n) is 2.89. The molecule has 0 radical (unpaired) electrons. The summed E-state index contributed by atoms with van der Waals surface area (Å²) < 4.78 is 30.7. The number of nitrogens with one attached hydrogen (secondary N) is 1. The maximum absolute atomic E-state index is 14.9. The van der Waals surface area contributed by atoms with Crippen molar-refractivity contribution < 1.29 is 23.1 Å². The molecule has 0 saturated carbocycles. The number of hydrogen-bond acceptors (Lipinski definition) is 6. The fraction of sp³-hybridized carbons (Fsp3) is 0.150. The van der Waals surface area contributed by atoms with Crippen molar-refractivity contribution in [3.8, 4) is 11.6 Å². The van der Waals surface area contributed by atoms with Gasteiger partial charge in [0.25, 0.3) is 0 Å². The lowest BCUT2D eigenvalue weighted by molar-refractivity contribution is 0.0988. The maximum atomic E-state index is 14.9. The van der Waals surface area contributed by atoms with Crippen molar-refractivity contribution in [2.75, 3.05) is 7.11 Å². The number of halogens is 2. The number of aromatic nitrogens is 3. The number of benzene rings is 1. The molecule has 0 saturated heterocycles. The molecule has 0 unspecified atom stereocenters. The SMILES string of the molecule is COc1n[nH]c2ncc(CC(=O)c3c(Cl)ccc(OCc4ccco4)c3F)cc12. The van der Waals surface area contributed by atoms with E-state index in [1.807, 2.05) is 0 Å². The van der Waals surface area contributed by atoms with Gasteiger partial charge < -0.3 is 13.9 Å². The summed E-state index contributed by atoms with van der Waals surface area (Å²) in [7, 11) is 1.48. The molecule has 29 heavy (non-hydrogen) atoms. The molecule has 0 fully saturated rings. The van der Waals surface area contributed by atoms with Gasteiger partial charge in [0.15, 0.2) is 23.0 Å². The second-order valence-electron chi connectivity index (χ2n) is 6.18. The van der Waals surface area contributed by atoms with Gasteiger partial charge in [0.2, 0.25) is 5.88 Å². The second kappa shape index (κ2) is 7.92. The van der Waals surface area contributed by atoms with Crippen LogP contribution in [0.3, 0.4) is 0 Å². The van der Waals surface area contributed by atoms with Crippen LogP contribution in [-0.2, 0) is 13.0 Å². The van der Waals surface area contributed by atoms with E-state index < -0.39 is 11.6 Å². The van der Waals surface area contributed by atoms with Gasteiger partial charge in [-0.05, 0) is 35.9 Å². The van der Waals surface area contributed by atoms with Crippen LogP contribution >= 0.6 is 11.6 Å². The van der Waals surface area contributed by atoms with Crippen LogP contribution in [0.25, 0.3) is 11.0 Å². The zero-order chi connectivity index (χ0) is 20.4. The quantitative estimate of drug-likeness (QED) is 0.451. The molecule has 4 rings (SSSR count). The van der Waals surface area contributed by atoms with E-state index in [0.29, 0.717) is 28.2 Å². The Hall–Kier alpha value is -3.39. The predicted octanol–water partition coefficient (Wildman–Crippen LogP) is 4.36. The number of methoxy groups -OCH3 is 1. The molecule has 0 amide bonds. The van der Waals surface area contributed by atoms with Crippen molar-refractivity contribution in [2.45, 2.75) is 13.0 Å². The van der Waals surface area contributed by atoms with Gasteiger partial charge in [-0.15, -0.1) is 5.10 Å². The molecule has 148 valence electrons. The lowest BCUT2D eigenvalue weighted by Crippen LogP contribution is -2.09. The first-order valence-corrected chi connectivity index (χ1v) is 8.98. The molecule has 4 aromatic rings. The third kappa shape index (κ3) is 3.79. The Morgan fingerprint density at radius 1 is 1.34 bits per heavy atom. The van der Waals surface area contributed by atoms with Crippen LogP contribution in [0.1, 0.15) is 21.7 Å². The minimum Gasteiger partial charge on any atom is -0.483 e. The summed E-state index contributed by atoms with van der Waals surface area (Å²) in [5.74, 6) is -0.511. The first kappa shape index (κ1) is 18.9. The van der Waals surface area contributed by atoms with E-state index in [0.717, 1.165) is 0 Å². The van der Waals surface area contributed by atoms with Crippen LogP contribution in [0, 0.1) is 5.82 Å². The number of aromatic amines is 1. The van der Waals surface area contributed by atoms with Gasteiger partial charge in [-0.1, -0.05) is 11.6 Å². The number of fused-ring (bicyclic) bond motifs is 1. The zero-order valence-electron chi connectivity index (χ0n) is 15.2. The summed E-state index contributed by atoms with van der Waals surface area (Å²) in [4.78, 5) is 17.0. The lowest BCUT2D eigenvalue weighted by Gasteiger charge is -2.11. The Morgan fingerprint density at radius 3 is 2.97 bits per heavy atom. The van der Waals surface area contributed by atoms with E-state index in [2.05, 4.69) is 15.2 Å². The van der Waals surface area contributed by atoms with Crippen LogP contribution in [0.5, 0.6) is 11.6 Å². The highest BCUT2D eigenvalue weighted by molar-refractivity contribution is 6.34. The number of pyridine rings is 1. The van der Waals surface area contributed by atoms with E-state index in [4.69, 9.17) is 25.5 Å². The average Bonchev–Trinajstić information content (AvgIpc) is 3.36. The Balaban J connectivity index is 1.58. The summed E-state index contributed by atoms with van der Waals surface area (Å²) in [5.41, 5.74) is 0.859. The Morgan fingerprint density at radius 2 is 2.21 bits per heavy atom. The third-order valence-electron chi connectivity index (χ3n) is 4.28. The van der Waals surface area contributed by atoms with Crippen molar-refractivity contribution in [3.63, 3.8) is 0 Å². The van der Waals surface area contributed by atoms with Gasteiger partial charge in [-0.3, -0.25) is 9.89 Å². The largest absolute Gasteiger partial charge is 0.483 e. The number of H-pyrrole nitrogens is 1. The molecule has 0 aliphatic heterocycles. The first-order chi connectivity index (χ1) is 14.1. The lowest BCUT2D eigenvalue weighted by atomic mass is 10.0. The van der Waals surface area contributed by atoms with Gasteiger partial charge in [0.1, 0.15) is 12.4 Å². The van der Waals surface area contributed by atoms with Crippen molar-refractivity contribution >= 4 is 28.4 Å². The van der Waals surface area contributed by atoms with Crippen molar-refractivity contribution in [1.29, 1.82) is 0 Å². The number of Topliss-reactive ketones (excluding diaryl/α,β-unsaturated/α-hetero) is 1. The van der Waals surface area contributed by atoms with Crippen LogP contribution in [-0.4, -0.2) is 28.1 Å². The van der Waals surface area contributed by atoms with Gasteiger partial charge >= 0.3 is 0 Å². The van der Waals surface area contributed by atoms with Crippen molar-refractivity contribution in [3.05, 3.63) is 70.5 Å². The normalized spacial score (nSPS) is 11.0. The predicted molar refractivity (Wildman–Crippen MR) is 103 cm³/mol. The maximum Gasteiger partial charge on any atom is 0.241 e. The van der Waals surface area contributed by atoms with E-state index >= 15 is 0 Å². The number of furan rings is 1. The Labute approximate surface area is 169 Å². The molecule has 3 aromatic heterocycles. The van der Waals surface area contributed by atoms with Gasteiger partial charge in [0, 0.05) is 12.6 Å². The first-order valence-electron chi connectivity index (χ1n) is 8.60. The van der Waals surface area contributed by atoms with E-state index in [-0.39, 0.29) is 29.4 Å². The number of nitrogens with zero attached hydrogens (tertiary/aromatic N) is 2. The molecule has 3 heterocycles. The third-order valence-corrected chi connectivity index (χ3v) is 4.60. The number of carbonyl (C=O) groups is 1. The number of ketones is 1. The average molecular weight is 416 g/mol. The number of ether oxygens (including phenoxy) is 2. The standard InChI is InChI=1S/C20H15ClFN3O4/c1-27-20-13-7-11(9-23-19(13)24-25-20)8-15(26)17-14(21)4-5-16(18(17)22)29-10-12-3-2-6-28-12/h2-7,9H,8,10H2,1H3,(H,23,24,25). The molecule has 0 atom stereocenters. The van der Waals surface area contributed by atoms with E-state index in [1.54, 1.807) is 18.2 Å². The van der Waals surface area contributed by atoms with E-state index in [9.17, 15) is 9.18 Å². The monoisotopic (exact) mass is 415 g/mol. The van der Waals surface area contributed by atoms with Gasteiger partial charge in [-0.25, -0.2) is 9.37 Å². The van der Waals surface area contributed by atoms with Crippen LogP contribution < -0.4 is 9.47 Å². The Bertz CT molecular complexity index is 1170. The number of carbonyl (C=O) groups excluding carboxylic acids is 1. The highest BCUT2D eigenvalue weighted by atomic mass is 35.5. The molecular formula is C20H15ClFN3O4. The molecule has 0 aliphatic rings. The fourth-order valence-corrected chi connectivity index (χ4v) is 3.15. The van der Waals surface area contributed by atoms with Gasteiger partial charge in [0.05, 0.1) is 29.3 Å². The minimum absolute atomic E-state index is 0.00720. The number of hydrogen-bond donors (Lipinski definition) is 1.